The molecule has 1 N–H and O–H groups in total. The third-order valence-electron chi connectivity index (χ3n) is 7.21. The highest BCUT2D eigenvalue weighted by Gasteiger charge is 2.33. The first-order valence-corrected chi connectivity index (χ1v) is 15.3. The summed E-state index contributed by atoms with van der Waals surface area (Å²) in [7, 11) is -2.59. The topological polar surface area (TPSA) is 86.8 Å². The fraction of sp³-hybridized carbons (Fsp3) is 0.379. The largest absolute Gasteiger partial charge is 0.352 e. The molecule has 4 rings (SSSR count). The van der Waals surface area contributed by atoms with E-state index in [-0.39, 0.29) is 23.4 Å². The Morgan fingerprint density at radius 1 is 0.974 bits per heavy atom. The molecule has 7 nitrogen and oxygen atoms in total. The van der Waals surface area contributed by atoms with Crippen molar-refractivity contribution in [2.45, 2.75) is 62.6 Å². The van der Waals surface area contributed by atoms with Gasteiger partial charge in [-0.2, -0.15) is 4.31 Å². The number of hydrogen-bond acceptors (Lipinski definition) is 4. The molecule has 0 aliphatic heterocycles. The maximum Gasteiger partial charge on any atom is 0.243 e. The number of nitrogens with one attached hydrogen (secondary N) is 1. The molecule has 10 heteroatoms. The molecule has 0 spiro atoms. The number of hydrogen-bond donors (Lipinski definition) is 1. The second kappa shape index (κ2) is 12.7. The number of fused-ring (bicyclic) bond motifs is 1. The fourth-order valence-corrected chi connectivity index (χ4v) is 6.47. The average Bonchev–Trinajstić information content (AvgIpc) is 3.43. The molecule has 0 heterocycles. The standard InChI is InChI=1S/C29H33Cl2N3O4S/c1-3-27(29(36)32-23-10-6-7-11-23)34(18-20-12-15-25(30)26(31)16-20)28(35)19-33(2)39(37,38)24-14-13-21-8-4-5-9-22(21)17-24/h4-5,8-9,12-17,23,27H,3,6-7,10-11,18-19H2,1-2H3,(H,32,36)/t27-/m1/s1. The molecule has 1 aliphatic rings. The first-order valence-electron chi connectivity index (χ1n) is 13.1. The first-order chi connectivity index (χ1) is 18.6. The molecule has 1 aliphatic carbocycles. The molecule has 0 radical (unpaired) electrons. The van der Waals surface area contributed by atoms with E-state index in [0.29, 0.717) is 22.0 Å². The SMILES string of the molecule is CC[C@H](C(=O)NC1CCCC1)N(Cc1ccc(Cl)c(Cl)c1)C(=O)CN(C)S(=O)(=O)c1ccc2ccccc2c1. The molecule has 1 saturated carbocycles. The van der Waals surface area contributed by atoms with Crippen molar-refractivity contribution in [3.05, 3.63) is 76.3 Å². The van der Waals surface area contributed by atoms with Crippen LogP contribution in [0.25, 0.3) is 10.8 Å². The Morgan fingerprint density at radius 2 is 1.67 bits per heavy atom. The van der Waals surface area contributed by atoms with Gasteiger partial charge >= 0.3 is 0 Å². The van der Waals surface area contributed by atoms with Gasteiger partial charge in [-0.25, -0.2) is 8.42 Å². The minimum absolute atomic E-state index is 0.0795. The van der Waals surface area contributed by atoms with Crippen molar-refractivity contribution >= 4 is 55.8 Å². The molecule has 0 unspecified atom stereocenters. The summed E-state index contributed by atoms with van der Waals surface area (Å²) in [6.45, 7) is 1.49. The molecule has 0 saturated heterocycles. The van der Waals surface area contributed by atoms with E-state index in [2.05, 4.69) is 5.32 Å². The molecule has 1 atom stereocenters. The summed E-state index contributed by atoms with van der Waals surface area (Å²) in [5.74, 6) is -0.723. The maximum atomic E-state index is 13.7. The molecule has 0 bridgehead atoms. The number of likely N-dealkylation sites (N-methyl/N-ethyl adjacent to an activating group) is 1. The van der Waals surface area contributed by atoms with Gasteiger partial charge in [-0.05, 0) is 59.9 Å². The molecular formula is C29H33Cl2N3O4S. The number of nitrogens with zero attached hydrogens (tertiary/aromatic N) is 2. The van der Waals surface area contributed by atoms with Crippen molar-refractivity contribution < 1.29 is 18.0 Å². The first kappa shape index (κ1) is 29.3. The van der Waals surface area contributed by atoms with Gasteiger partial charge in [0.15, 0.2) is 0 Å². The zero-order chi connectivity index (χ0) is 28.2. The normalized spacial score (nSPS) is 15.0. The van der Waals surface area contributed by atoms with Crippen LogP contribution in [-0.4, -0.2) is 55.1 Å². The van der Waals surface area contributed by atoms with Crippen molar-refractivity contribution in [3.63, 3.8) is 0 Å². The van der Waals surface area contributed by atoms with Crippen LogP contribution < -0.4 is 5.32 Å². The van der Waals surface area contributed by atoms with Crippen LogP contribution in [0.5, 0.6) is 0 Å². The number of carbonyl (C=O) groups excluding carboxylic acids is 2. The average molecular weight is 591 g/mol. The van der Waals surface area contributed by atoms with Crippen LogP contribution in [0.3, 0.4) is 0 Å². The van der Waals surface area contributed by atoms with E-state index in [1.807, 2.05) is 31.2 Å². The Morgan fingerprint density at radius 3 is 2.33 bits per heavy atom. The molecule has 0 aromatic heterocycles. The van der Waals surface area contributed by atoms with Crippen LogP contribution in [0.4, 0.5) is 0 Å². The monoisotopic (exact) mass is 589 g/mol. The molecule has 208 valence electrons. The van der Waals surface area contributed by atoms with E-state index in [0.717, 1.165) is 40.8 Å². The molecular weight excluding hydrogens is 557 g/mol. The number of carbonyl (C=O) groups is 2. The number of sulfonamides is 1. The van der Waals surface area contributed by atoms with Gasteiger partial charge in [-0.3, -0.25) is 9.59 Å². The van der Waals surface area contributed by atoms with Crippen molar-refractivity contribution in [1.29, 1.82) is 0 Å². The van der Waals surface area contributed by atoms with Gasteiger partial charge in [-0.1, -0.05) is 79.4 Å². The number of benzene rings is 3. The summed E-state index contributed by atoms with van der Waals surface area (Å²) in [6.07, 6.45) is 4.31. The highest BCUT2D eigenvalue weighted by Crippen LogP contribution is 2.26. The highest BCUT2D eigenvalue weighted by atomic mass is 35.5. The Labute approximate surface area is 240 Å². The second-order valence-electron chi connectivity index (χ2n) is 9.95. The Balaban J connectivity index is 1.59. The summed E-state index contributed by atoms with van der Waals surface area (Å²) < 4.78 is 27.9. The predicted molar refractivity (Wildman–Crippen MR) is 155 cm³/mol. The van der Waals surface area contributed by atoms with Crippen LogP contribution in [0.15, 0.2) is 65.6 Å². The lowest BCUT2D eigenvalue weighted by atomic mass is 10.1. The van der Waals surface area contributed by atoms with E-state index < -0.39 is 28.5 Å². The van der Waals surface area contributed by atoms with Gasteiger partial charge < -0.3 is 10.2 Å². The number of halogens is 2. The van der Waals surface area contributed by atoms with Gasteiger partial charge in [-0.15, -0.1) is 0 Å². The van der Waals surface area contributed by atoms with Crippen molar-refractivity contribution in [2.24, 2.45) is 0 Å². The van der Waals surface area contributed by atoms with E-state index in [1.54, 1.807) is 30.3 Å². The summed E-state index contributed by atoms with van der Waals surface area (Å²) in [5.41, 5.74) is 0.685. The summed E-state index contributed by atoms with van der Waals surface area (Å²) >= 11 is 12.3. The minimum Gasteiger partial charge on any atom is -0.352 e. The quantitative estimate of drug-likeness (QED) is 0.332. The van der Waals surface area contributed by atoms with Crippen LogP contribution in [0.2, 0.25) is 10.0 Å². The smallest absolute Gasteiger partial charge is 0.243 e. The summed E-state index contributed by atoms with van der Waals surface area (Å²) in [6, 6.07) is 16.7. The van der Waals surface area contributed by atoms with Gasteiger partial charge in [0.2, 0.25) is 21.8 Å². The van der Waals surface area contributed by atoms with Crippen LogP contribution >= 0.6 is 23.2 Å². The van der Waals surface area contributed by atoms with Gasteiger partial charge in [0.05, 0.1) is 21.5 Å². The maximum absolute atomic E-state index is 13.7. The molecule has 39 heavy (non-hydrogen) atoms. The van der Waals surface area contributed by atoms with E-state index in [9.17, 15) is 18.0 Å². The third-order valence-corrected chi connectivity index (χ3v) is 9.75. The lowest BCUT2D eigenvalue weighted by molar-refractivity contribution is -0.141. The Kier molecular flexibility index (Phi) is 9.54. The summed E-state index contributed by atoms with van der Waals surface area (Å²) in [4.78, 5) is 28.6. The van der Waals surface area contributed by atoms with Gasteiger partial charge in [0.1, 0.15) is 6.04 Å². The lowest BCUT2D eigenvalue weighted by Crippen LogP contribution is -2.53. The fourth-order valence-electron chi connectivity index (χ4n) is 5.00. The minimum atomic E-state index is -3.97. The van der Waals surface area contributed by atoms with Gasteiger partial charge in [0.25, 0.3) is 0 Å². The Hall–Kier alpha value is -2.65. The van der Waals surface area contributed by atoms with Crippen molar-refractivity contribution in [1.82, 2.24) is 14.5 Å². The number of rotatable bonds is 10. The summed E-state index contributed by atoms with van der Waals surface area (Å²) in [5, 5.41) is 5.51. The van der Waals surface area contributed by atoms with Crippen molar-refractivity contribution in [2.75, 3.05) is 13.6 Å². The zero-order valence-corrected chi connectivity index (χ0v) is 24.4. The number of amides is 2. The zero-order valence-electron chi connectivity index (χ0n) is 22.1. The van der Waals surface area contributed by atoms with Crippen LogP contribution in [0.1, 0.15) is 44.6 Å². The highest BCUT2D eigenvalue weighted by molar-refractivity contribution is 7.89. The molecule has 2 amide bonds. The Bertz CT molecular complexity index is 1460. The van der Waals surface area contributed by atoms with E-state index >= 15 is 0 Å². The van der Waals surface area contributed by atoms with Crippen LogP contribution in [-0.2, 0) is 26.2 Å². The van der Waals surface area contributed by atoms with E-state index in [1.165, 1.54) is 18.0 Å². The predicted octanol–water partition coefficient (Wildman–Crippen LogP) is 5.63. The van der Waals surface area contributed by atoms with Gasteiger partial charge in [0, 0.05) is 19.6 Å². The van der Waals surface area contributed by atoms with Crippen LogP contribution in [0, 0.1) is 0 Å². The van der Waals surface area contributed by atoms with Crippen molar-refractivity contribution in [3.8, 4) is 0 Å². The molecule has 3 aromatic carbocycles. The lowest BCUT2D eigenvalue weighted by Gasteiger charge is -2.32. The third kappa shape index (κ3) is 6.92. The molecule has 1 fully saturated rings. The second-order valence-corrected chi connectivity index (χ2v) is 12.8. The van der Waals surface area contributed by atoms with E-state index in [4.69, 9.17) is 23.2 Å². The molecule has 3 aromatic rings.